The Balaban J connectivity index is 1.79. The smallest absolute Gasteiger partial charge is 0.262 e. The molecule has 1 aliphatic rings. The van der Waals surface area contributed by atoms with Gasteiger partial charge in [0, 0.05) is 31.2 Å². The molecule has 0 bridgehead atoms. The van der Waals surface area contributed by atoms with Crippen LogP contribution in [-0.2, 0) is 11.3 Å². The van der Waals surface area contributed by atoms with Gasteiger partial charge in [0.2, 0.25) is 0 Å². The fourth-order valence-electron chi connectivity index (χ4n) is 3.62. The van der Waals surface area contributed by atoms with Gasteiger partial charge in [0.1, 0.15) is 0 Å². The molecule has 26 heavy (non-hydrogen) atoms. The van der Waals surface area contributed by atoms with Crippen molar-refractivity contribution in [3.05, 3.63) is 38.9 Å². The lowest BCUT2D eigenvalue weighted by Crippen LogP contribution is -2.35. The van der Waals surface area contributed by atoms with Crippen LogP contribution in [0, 0.1) is 16.6 Å². The molecule has 1 amide bonds. The Hall–Kier alpha value is -1.99. The van der Waals surface area contributed by atoms with Crippen LogP contribution in [0.15, 0.2) is 23.0 Å². The Kier molecular flexibility index (Phi) is 5.58. The van der Waals surface area contributed by atoms with Crippen molar-refractivity contribution in [2.45, 2.75) is 39.8 Å². The Labute approximate surface area is 157 Å². The predicted octanol–water partition coefficient (Wildman–Crippen LogP) is 2.87. The molecule has 1 aliphatic heterocycles. The molecule has 0 saturated carbocycles. The minimum atomic E-state index is -0.153. The lowest BCUT2D eigenvalue weighted by atomic mass is 9.93. The third-order valence-electron chi connectivity index (χ3n) is 5.01. The summed E-state index contributed by atoms with van der Waals surface area (Å²) in [5, 5.41) is 3.53. The summed E-state index contributed by atoms with van der Waals surface area (Å²) in [6.45, 7) is 7.99. The van der Waals surface area contributed by atoms with Gasteiger partial charge >= 0.3 is 0 Å². The Bertz CT molecular complexity index is 932. The van der Waals surface area contributed by atoms with Gasteiger partial charge in [-0.2, -0.15) is 0 Å². The summed E-state index contributed by atoms with van der Waals surface area (Å²) in [6.07, 6.45) is 1.15. The number of carbonyl (C=O) groups is 1. The molecule has 0 spiro atoms. The van der Waals surface area contributed by atoms with Gasteiger partial charge in [-0.3, -0.25) is 14.2 Å². The van der Waals surface area contributed by atoms with E-state index in [2.05, 4.69) is 24.1 Å². The molecule has 2 heterocycles. The minimum absolute atomic E-state index is 0.138. The summed E-state index contributed by atoms with van der Waals surface area (Å²) in [5.74, 6) is 0.614. The molecule has 3 rings (SSSR count). The van der Waals surface area contributed by atoms with Gasteiger partial charge < -0.3 is 15.0 Å². The van der Waals surface area contributed by atoms with Crippen LogP contribution >= 0.6 is 12.2 Å². The molecule has 0 radical (unpaired) electrons. The predicted molar refractivity (Wildman–Crippen MR) is 104 cm³/mol. The second-order valence-electron chi connectivity index (χ2n) is 7.08. The van der Waals surface area contributed by atoms with Crippen LogP contribution in [0.2, 0.25) is 0 Å². The zero-order valence-electron chi connectivity index (χ0n) is 15.4. The van der Waals surface area contributed by atoms with Gasteiger partial charge in [-0.25, -0.2) is 0 Å². The standard InChI is InChI=1S/C19H25N3O3S/c1-4-22-18(24)14-6-5-12(9-15(14)21-19(22)26)17(23)20-10-13-7-8-25-16(13)11(2)3/h5-6,9,11,13,16H,4,7-8,10H2,1-3H3,(H,20,23)(H,21,26)/t13-,16+/m1/s1. The van der Waals surface area contributed by atoms with Crippen molar-refractivity contribution >= 4 is 29.0 Å². The molecule has 0 aliphatic carbocycles. The van der Waals surface area contributed by atoms with Crippen LogP contribution in [0.1, 0.15) is 37.6 Å². The van der Waals surface area contributed by atoms with Crippen molar-refractivity contribution in [3.63, 3.8) is 0 Å². The van der Waals surface area contributed by atoms with E-state index in [9.17, 15) is 9.59 Å². The van der Waals surface area contributed by atoms with Crippen molar-refractivity contribution in [2.24, 2.45) is 11.8 Å². The number of nitrogens with zero attached hydrogens (tertiary/aromatic N) is 1. The first-order valence-electron chi connectivity index (χ1n) is 9.09. The molecule has 140 valence electrons. The zero-order chi connectivity index (χ0) is 18.8. The molecule has 1 fully saturated rings. The van der Waals surface area contributed by atoms with Crippen LogP contribution in [0.25, 0.3) is 10.9 Å². The third-order valence-corrected chi connectivity index (χ3v) is 5.33. The van der Waals surface area contributed by atoms with Gasteiger partial charge in [0.05, 0.1) is 17.0 Å². The molecule has 2 atom stereocenters. The second kappa shape index (κ2) is 7.72. The third kappa shape index (κ3) is 3.59. The number of amides is 1. The fourth-order valence-corrected chi connectivity index (χ4v) is 3.94. The molecular formula is C19H25N3O3S. The number of fused-ring (bicyclic) bond motifs is 1. The van der Waals surface area contributed by atoms with E-state index in [0.717, 1.165) is 13.0 Å². The van der Waals surface area contributed by atoms with Gasteiger partial charge in [-0.1, -0.05) is 13.8 Å². The highest BCUT2D eigenvalue weighted by atomic mass is 32.1. The van der Waals surface area contributed by atoms with E-state index in [1.54, 1.807) is 18.2 Å². The zero-order valence-corrected chi connectivity index (χ0v) is 16.2. The Morgan fingerprint density at radius 3 is 2.92 bits per heavy atom. The van der Waals surface area contributed by atoms with E-state index in [1.807, 2.05) is 6.92 Å². The number of hydrogen-bond donors (Lipinski definition) is 2. The van der Waals surface area contributed by atoms with Gasteiger partial charge in [-0.15, -0.1) is 0 Å². The quantitative estimate of drug-likeness (QED) is 0.788. The average molecular weight is 375 g/mol. The van der Waals surface area contributed by atoms with Crippen molar-refractivity contribution in [1.82, 2.24) is 14.9 Å². The van der Waals surface area contributed by atoms with Gasteiger partial charge in [0.15, 0.2) is 4.77 Å². The van der Waals surface area contributed by atoms with Crippen LogP contribution in [0.3, 0.4) is 0 Å². The van der Waals surface area contributed by atoms with E-state index in [4.69, 9.17) is 17.0 Å². The monoisotopic (exact) mass is 375 g/mol. The van der Waals surface area contributed by atoms with Crippen LogP contribution in [0.5, 0.6) is 0 Å². The lowest BCUT2D eigenvalue weighted by molar-refractivity contribution is 0.0533. The molecule has 1 aromatic heterocycles. The topological polar surface area (TPSA) is 76.1 Å². The van der Waals surface area contributed by atoms with Gasteiger partial charge in [0.25, 0.3) is 11.5 Å². The summed E-state index contributed by atoms with van der Waals surface area (Å²) in [6, 6.07) is 5.05. The molecular weight excluding hydrogens is 350 g/mol. The molecule has 7 heteroatoms. The van der Waals surface area contributed by atoms with E-state index in [-0.39, 0.29) is 17.6 Å². The number of rotatable bonds is 5. The maximum absolute atomic E-state index is 12.5. The normalized spacial score (nSPS) is 20.0. The number of H-pyrrole nitrogens is 1. The first-order valence-corrected chi connectivity index (χ1v) is 9.49. The second-order valence-corrected chi connectivity index (χ2v) is 7.46. The number of aromatic amines is 1. The number of aromatic nitrogens is 2. The minimum Gasteiger partial charge on any atom is -0.378 e. The number of carbonyl (C=O) groups excluding carboxylic acids is 1. The highest BCUT2D eigenvalue weighted by Gasteiger charge is 2.30. The Morgan fingerprint density at radius 2 is 2.23 bits per heavy atom. The fraction of sp³-hybridized carbons (Fsp3) is 0.526. The summed E-state index contributed by atoms with van der Waals surface area (Å²) in [4.78, 5) is 28.0. The molecule has 1 saturated heterocycles. The molecule has 6 nitrogen and oxygen atoms in total. The SMILES string of the molecule is CCn1c(=S)[nH]c2cc(C(=O)NC[C@H]3CCO[C@H]3C(C)C)ccc2c1=O. The van der Waals surface area contributed by atoms with E-state index in [1.165, 1.54) is 4.57 Å². The summed E-state index contributed by atoms with van der Waals surface area (Å²) < 4.78 is 7.64. The van der Waals surface area contributed by atoms with Crippen LogP contribution < -0.4 is 10.9 Å². The van der Waals surface area contributed by atoms with Crippen molar-refractivity contribution in [2.75, 3.05) is 13.2 Å². The average Bonchev–Trinajstić information content (AvgIpc) is 3.08. The van der Waals surface area contributed by atoms with E-state index < -0.39 is 0 Å². The van der Waals surface area contributed by atoms with E-state index >= 15 is 0 Å². The maximum atomic E-state index is 12.5. The molecule has 2 N–H and O–H groups in total. The Morgan fingerprint density at radius 1 is 1.46 bits per heavy atom. The molecule has 0 unspecified atom stereocenters. The number of ether oxygens (including phenoxy) is 1. The largest absolute Gasteiger partial charge is 0.378 e. The van der Waals surface area contributed by atoms with Gasteiger partial charge in [-0.05, 0) is 49.7 Å². The lowest BCUT2D eigenvalue weighted by Gasteiger charge is -2.22. The number of benzene rings is 1. The van der Waals surface area contributed by atoms with E-state index in [0.29, 0.717) is 46.2 Å². The van der Waals surface area contributed by atoms with Crippen molar-refractivity contribution < 1.29 is 9.53 Å². The highest BCUT2D eigenvalue weighted by Crippen LogP contribution is 2.26. The van der Waals surface area contributed by atoms with Crippen LogP contribution in [0.4, 0.5) is 0 Å². The van der Waals surface area contributed by atoms with Crippen molar-refractivity contribution in [3.8, 4) is 0 Å². The summed E-state index contributed by atoms with van der Waals surface area (Å²) >= 11 is 5.23. The summed E-state index contributed by atoms with van der Waals surface area (Å²) in [5.41, 5.74) is 0.958. The molecule has 1 aromatic carbocycles. The number of nitrogens with one attached hydrogen (secondary N) is 2. The summed E-state index contributed by atoms with van der Waals surface area (Å²) in [7, 11) is 0. The van der Waals surface area contributed by atoms with Crippen molar-refractivity contribution in [1.29, 1.82) is 0 Å². The molecule has 2 aromatic rings. The van der Waals surface area contributed by atoms with Crippen LogP contribution in [-0.4, -0.2) is 34.7 Å². The maximum Gasteiger partial charge on any atom is 0.262 e. The first-order chi connectivity index (χ1) is 12.4. The first kappa shape index (κ1) is 18.8. The highest BCUT2D eigenvalue weighted by molar-refractivity contribution is 7.71. The number of hydrogen-bond acceptors (Lipinski definition) is 4.